The molecule has 0 bridgehead atoms. The number of aliphatic hydroxyl groups excluding tert-OH is 2. The summed E-state index contributed by atoms with van der Waals surface area (Å²) in [6.07, 6.45) is 9.19. The minimum atomic E-state index is -0.741. The zero-order valence-corrected chi connectivity index (χ0v) is 20.5. The first-order chi connectivity index (χ1) is 14.5. The van der Waals surface area contributed by atoms with E-state index < -0.39 is 5.60 Å². The first-order valence-corrected chi connectivity index (χ1v) is 13.0. The summed E-state index contributed by atoms with van der Waals surface area (Å²) in [5.41, 5.74) is -0.442. The summed E-state index contributed by atoms with van der Waals surface area (Å²) in [6.45, 7) is 11.2. The second-order valence-corrected chi connectivity index (χ2v) is 12.9. The highest BCUT2D eigenvalue weighted by atomic mass is 16.3. The molecule has 3 N–H and O–H groups in total. The Morgan fingerprint density at radius 2 is 1.58 bits per heavy atom. The molecule has 10 atom stereocenters. The quantitative estimate of drug-likeness (QED) is 0.542. The summed E-state index contributed by atoms with van der Waals surface area (Å²) in [7, 11) is 0. The Labute approximate surface area is 190 Å². The topological polar surface area (TPSA) is 60.7 Å². The largest absolute Gasteiger partial charge is 0.393 e. The summed E-state index contributed by atoms with van der Waals surface area (Å²) in [4.78, 5) is 0. The Balaban J connectivity index is 1.53. The van der Waals surface area contributed by atoms with Gasteiger partial charge in [0.2, 0.25) is 0 Å². The van der Waals surface area contributed by atoms with Crippen LogP contribution in [0.3, 0.4) is 0 Å². The van der Waals surface area contributed by atoms with E-state index in [1.54, 1.807) is 0 Å². The molecular weight excluding hydrogens is 384 g/mol. The molecule has 4 aliphatic carbocycles. The molecule has 3 heteroatoms. The zero-order valence-electron chi connectivity index (χ0n) is 20.5. The van der Waals surface area contributed by atoms with Gasteiger partial charge < -0.3 is 15.3 Å². The van der Waals surface area contributed by atoms with Crippen LogP contribution in [-0.2, 0) is 0 Å². The van der Waals surface area contributed by atoms with Crippen LogP contribution in [0, 0.1) is 58.2 Å². The Bertz CT molecular complexity index is 718. The first-order valence-electron chi connectivity index (χ1n) is 13.0. The molecule has 0 aromatic heterocycles. The Kier molecular flexibility index (Phi) is 6.35. The molecule has 4 fully saturated rings. The van der Waals surface area contributed by atoms with Gasteiger partial charge in [-0.2, -0.15) is 0 Å². The standard InChI is InChI=1S/C28H46O3/c1-18(2)8-6-7-13-28(5,31)25-10-9-21-20-17-24(30)23-16-19(29)11-14-26(23,3)22(20)12-15-27(21,25)4/h18-25,29-31H,8-17H2,1-5H3/t19-,20-,21-,22-,23+,24-,25-,26+,27-,28-/m0/s1. The van der Waals surface area contributed by atoms with Gasteiger partial charge in [-0.25, -0.2) is 0 Å². The van der Waals surface area contributed by atoms with Crippen molar-refractivity contribution >= 4 is 0 Å². The van der Waals surface area contributed by atoms with E-state index in [-0.39, 0.29) is 34.9 Å². The smallest absolute Gasteiger partial charge is 0.0761 e. The van der Waals surface area contributed by atoms with E-state index in [1.165, 1.54) is 19.3 Å². The van der Waals surface area contributed by atoms with E-state index in [9.17, 15) is 15.3 Å². The van der Waals surface area contributed by atoms with E-state index in [0.29, 0.717) is 30.1 Å². The van der Waals surface area contributed by atoms with E-state index in [1.807, 2.05) is 6.92 Å². The average Bonchev–Trinajstić information content (AvgIpc) is 3.05. The maximum Gasteiger partial charge on any atom is 0.0761 e. The van der Waals surface area contributed by atoms with Gasteiger partial charge in [-0.15, -0.1) is 11.8 Å². The van der Waals surface area contributed by atoms with Crippen molar-refractivity contribution in [2.75, 3.05) is 0 Å². The number of fused-ring (bicyclic) bond motifs is 5. The van der Waals surface area contributed by atoms with Crippen molar-refractivity contribution < 1.29 is 15.3 Å². The lowest BCUT2D eigenvalue weighted by Crippen LogP contribution is -2.59. The van der Waals surface area contributed by atoms with E-state index in [0.717, 1.165) is 38.5 Å². The lowest BCUT2D eigenvalue weighted by atomic mass is 9.43. The molecule has 4 rings (SSSR count). The summed E-state index contributed by atoms with van der Waals surface area (Å²) >= 11 is 0. The van der Waals surface area contributed by atoms with Gasteiger partial charge >= 0.3 is 0 Å². The van der Waals surface area contributed by atoms with Crippen molar-refractivity contribution in [2.45, 2.75) is 117 Å². The molecular formula is C28H46O3. The second-order valence-electron chi connectivity index (χ2n) is 12.9. The summed E-state index contributed by atoms with van der Waals surface area (Å²) in [5, 5.41) is 32.9. The van der Waals surface area contributed by atoms with Crippen LogP contribution in [0.1, 0.15) is 98.8 Å². The molecule has 0 amide bonds. The second kappa shape index (κ2) is 8.34. The van der Waals surface area contributed by atoms with E-state index in [2.05, 4.69) is 39.5 Å². The minimum absolute atomic E-state index is 0.140. The van der Waals surface area contributed by atoms with Gasteiger partial charge in [0.1, 0.15) is 0 Å². The van der Waals surface area contributed by atoms with Crippen LogP contribution in [0.5, 0.6) is 0 Å². The molecule has 0 unspecified atom stereocenters. The fourth-order valence-electron chi connectivity index (χ4n) is 8.94. The SMILES string of the molecule is CC(C)CC#CC[C@](C)(O)[C@H]1CC[C@H]2[C@@H]3C[C@H](O)[C@H]4C[C@@H](O)CC[C@]4(C)[C@H]3CC[C@@]21C. The van der Waals surface area contributed by atoms with Crippen LogP contribution in [0.25, 0.3) is 0 Å². The normalized spacial score (nSPS) is 48.7. The monoisotopic (exact) mass is 430 g/mol. The molecule has 0 radical (unpaired) electrons. The highest BCUT2D eigenvalue weighted by Gasteiger charge is 2.63. The Morgan fingerprint density at radius 1 is 0.903 bits per heavy atom. The van der Waals surface area contributed by atoms with Crippen LogP contribution in [0.2, 0.25) is 0 Å². The van der Waals surface area contributed by atoms with Gasteiger partial charge in [0.25, 0.3) is 0 Å². The molecule has 31 heavy (non-hydrogen) atoms. The number of hydrogen-bond acceptors (Lipinski definition) is 3. The van der Waals surface area contributed by atoms with Crippen molar-refractivity contribution in [3.63, 3.8) is 0 Å². The molecule has 0 saturated heterocycles. The first kappa shape index (κ1) is 23.6. The van der Waals surface area contributed by atoms with Gasteiger partial charge in [0.05, 0.1) is 17.8 Å². The van der Waals surface area contributed by atoms with Crippen LogP contribution < -0.4 is 0 Å². The minimum Gasteiger partial charge on any atom is -0.393 e. The van der Waals surface area contributed by atoms with Crippen molar-refractivity contribution in [3.05, 3.63) is 0 Å². The van der Waals surface area contributed by atoms with E-state index in [4.69, 9.17) is 0 Å². The fraction of sp³-hybridized carbons (Fsp3) is 0.929. The van der Waals surface area contributed by atoms with Crippen molar-refractivity contribution in [3.8, 4) is 11.8 Å². The molecule has 4 aliphatic rings. The predicted molar refractivity (Wildman–Crippen MR) is 125 cm³/mol. The Morgan fingerprint density at radius 3 is 2.29 bits per heavy atom. The van der Waals surface area contributed by atoms with Gasteiger partial charge in [0, 0.05) is 12.8 Å². The molecule has 0 heterocycles. The van der Waals surface area contributed by atoms with E-state index >= 15 is 0 Å². The third-order valence-electron chi connectivity index (χ3n) is 10.5. The maximum atomic E-state index is 11.5. The molecule has 4 saturated carbocycles. The highest BCUT2D eigenvalue weighted by Crippen LogP contribution is 2.68. The molecule has 0 spiro atoms. The fourth-order valence-corrected chi connectivity index (χ4v) is 8.94. The highest BCUT2D eigenvalue weighted by molar-refractivity contribution is 5.15. The molecule has 0 aromatic carbocycles. The Hall–Kier alpha value is -0.560. The van der Waals surface area contributed by atoms with Gasteiger partial charge in [-0.3, -0.25) is 0 Å². The summed E-state index contributed by atoms with van der Waals surface area (Å²) in [6, 6.07) is 0. The van der Waals surface area contributed by atoms with Crippen LogP contribution in [0.15, 0.2) is 0 Å². The van der Waals surface area contributed by atoms with Crippen molar-refractivity contribution in [1.29, 1.82) is 0 Å². The molecule has 3 nitrogen and oxygen atoms in total. The summed E-state index contributed by atoms with van der Waals surface area (Å²) < 4.78 is 0. The predicted octanol–water partition coefficient (Wildman–Crippen LogP) is 5.17. The summed E-state index contributed by atoms with van der Waals surface area (Å²) in [5.74, 6) is 9.48. The van der Waals surface area contributed by atoms with Gasteiger partial charge in [-0.05, 0) is 105 Å². The lowest BCUT2D eigenvalue weighted by Gasteiger charge is -2.62. The van der Waals surface area contributed by atoms with Gasteiger partial charge in [0.15, 0.2) is 0 Å². The third kappa shape index (κ3) is 4.00. The van der Waals surface area contributed by atoms with Crippen molar-refractivity contribution in [1.82, 2.24) is 0 Å². The number of aliphatic hydroxyl groups is 3. The average molecular weight is 431 g/mol. The third-order valence-corrected chi connectivity index (χ3v) is 10.5. The molecule has 0 aromatic rings. The molecule has 176 valence electrons. The molecule has 0 aliphatic heterocycles. The maximum absolute atomic E-state index is 11.5. The number of hydrogen-bond donors (Lipinski definition) is 3. The lowest BCUT2D eigenvalue weighted by molar-refractivity contribution is -0.178. The van der Waals surface area contributed by atoms with Gasteiger partial charge in [-0.1, -0.05) is 27.7 Å². The van der Waals surface area contributed by atoms with Crippen LogP contribution in [0.4, 0.5) is 0 Å². The van der Waals surface area contributed by atoms with Crippen LogP contribution in [-0.4, -0.2) is 33.1 Å². The zero-order chi connectivity index (χ0) is 22.6. The number of rotatable bonds is 3. The van der Waals surface area contributed by atoms with Crippen LogP contribution >= 0.6 is 0 Å². The van der Waals surface area contributed by atoms with Crippen molar-refractivity contribution in [2.24, 2.45) is 46.3 Å².